The van der Waals surface area contributed by atoms with Gasteiger partial charge in [0, 0.05) is 17.0 Å². The van der Waals surface area contributed by atoms with E-state index in [1.807, 2.05) is 6.26 Å². The van der Waals surface area contributed by atoms with E-state index in [1.165, 1.54) is 22.6 Å². The lowest BCUT2D eigenvalue weighted by atomic mass is 10.00. The lowest BCUT2D eigenvalue weighted by Gasteiger charge is -2.34. The van der Waals surface area contributed by atoms with E-state index >= 15 is 0 Å². The molecule has 0 saturated carbocycles. The number of carbonyl (C=O) groups is 3. The molecule has 0 unspecified atom stereocenters. The Kier molecular flexibility index (Phi) is 12.6. The van der Waals surface area contributed by atoms with Crippen LogP contribution in [-0.2, 0) is 19.1 Å². The lowest BCUT2D eigenvalue weighted by Crippen LogP contribution is -2.54. The number of carboxylic acids is 1. The van der Waals surface area contributed by atoms with Crippen molar-refractivity contribution in [1.82, 2.24) is 10.6 Å². The number of aliphatic hydroxyl groups excluding tert-OH is 1. The molecule has 6 N–H and O–H groups in total. The molecule has 1 aliphatic rings. The molecule has 1 rings (SSSR count). The minimum absolute atomic E-state index is 0.0173. The first-order valence-electron chi connectivity index (χ1n) is 10.1. The molecule has 12 heteroatoms. The van der Waals surface area contributed by atoms with Crippen molar-refractivity contribution in [3.63, 3.8) is 0 Å². The van der Waals surface area contributed by atoms with E-state index in [2.05, 4.69) is 31.4 Å². The first-order valence-corrected chi connectivity index (χ1v) is 13.9. The largest absolute Gasteiger partial charge is 0.480 e. The van der Waals surface area contributed by atoms with Crippen LogP contribution in [0.3, 0.4) is 0 Å². The summed E-state index contributed by atoms with van der Waals surface area (Å²) in [5, 5.41) is 24.7. The Labute approximate surface area is 196 Å². The van der Waals surface area contributed by atoms with E-state index in [-0.39, 0.29) is 23.6 Å². The number of carboxylic acid groups (broad SMARTS) is 1. The van der Waals surface area contributed by atoms with Gasteiger partial charge in [-0.2, -0.15) is 11.8 Å². The summed E-state index contributed by atoms with van der Waals surface area (Å²) in [6, 6.07) is -1.69. The Morgan fingerprint density at radius 3 is 2.52 bits per heavy atom. The maximum atomic E-state index is 12.5. The molecule has 1 fully saturated rings. The van der Waals surface area contributed by atoms with E-state index in [4.69, 9.17) is 10.5 Å². The highest BCUT2D eigenvalue weighted by molar-refractivity contribution is 8.77. The quantitative estimate of drug-likeness (QED) is 0.245. The van der Waals surface area contributed by atoms with E-state index < -0.39 is 42.3 Å². The fourth-order valence-corrected chi connectivity index (χ4v) is 5.60. The normalized spacial score (nSPS) is 23.6. The number of hydrogen-bond acceptors (Lipinski definition) is 9. The Balaban J connectivity index is 2.51. The average Bonchev–Trinajstić information content (AvgIpc) is 2.68. The van der Waals surface area contributed by atoms with Gasteiger partial charge in [0.05, 0.1) is 12.1 Å². The van der Waals surface area contributed by atoms with Crippen LogP contribution in [0.15, 0.2) is 0 Å². The number of hydrogen-bond donors (Lipinski definition) is 5. The Morgan fingerprint density at radius 2 is 1.94 bits per heavy atom. The SMILES string of the molecule is CSCC[C@H](NC(=O)[C@H]1CC[C@H](O)[C@@H](CNC(=O)[C@@H](N)CSSC(C)(C)C)O1)C(=O)O. The molecule has 0 bridgehead atoms. The molecule has 0 radical (unpaired) electrons. The van der Waals surface area contributed by atoms with Crippen LogP contribution >= 0.6 is 33.3 Å². The number of nitrogens with two attached hydrogens (primary N) is 1. The number of nitrogens with one attached hydrogen (secondary N) is 2. The third-order valence-electron chi connectivity index (χ3n) is 4.38. The molecule has 1 saturated heterocycles. The van der Waals surface area contributed by atoms with Crippen molar-refractivity contribution in [2.24, 2.45) is 5.73 Å². The third kappa shape index (κ3) is 11.2. The zero-order chi connectivity index (χ0) is 23.6. The smallest absolute Gasteiger partial charge is 0.326 e. The summed E-state index contributed by atoms with van der Waals surface area (Å²) in [5.74, 6) is -0.933. The van der Waals surface area contributed by atoms with Crippen LogP contribution in [0.5, 0.6) is 0 Å². The molecular formula is C19H35N3O6S3. The van der Waals surface area contributed by atoms with Crippen molar-refractivity contribution in [2.45, 2.75) is 75.2 Å². The summed E-state index contributed by atoms with van der Waals surface area (Å²) in [5.41, 5.74) is 5.92. The third-order valence-corrected chi connectivity index (χ3v) is 8.40. The number of aliphatic hydroxyl groups is 1. The molecule has 0 aliphatic carbocycles. The maximum Gasteiger partial charge on any atom is 0.326 e. The second-order valence-electron chi connectivity index (χ2n) is 8.32. The van der Waals surface area contributed by atoms with Crippen molar-refractivity contribution >= 4 is 51.1 Å². The summed E-state index contributed by atoms with van der Waals surface area (Å²) < 4.78 is 5.74. The van der Waals surface area contributed by atoms with Gasteiger partial charge in [-0.05, 0) is 31.3 Å². The molecule has 0 aromatic heterocycles. The lowest BCUT2D eigenvalue weighted by molar-refractivity contribution is -0.157. The van der Waals surface area contributed by atoms with Gasteiger partial charge in [-0.25, -0.2) is 4.79 Å². The first kappa shape index (κ1) is 28.4. The number of thioether (sulfide) groups is 1. The van der Waals surface area contributed by atoms with Gasteiger partial charge in [-0.1, -0.05) is 42.4 Å². The molecule has 31 heavy (non-hydrogen) atoms. The average molecular weight is 498 g/mol. The molecule has 2 amide bonds. The zero-order valence-electron chi connectivity index (χ0n) is 18.5. The van der Waals surface area contributed by atoms with Crippen LogP contribution < -0.4 is 16.4 Å². The van der Waals surface area contributed by atoms with Crippen LogP contribution in [0.2, 0.25) is 0 Å². The minimum Gasteiger partial charge on any atom is -0.480 e. The number of ether oxygens (including phenoxy) is 1. The molecule has 0 spiro atoms. The maximum absolute atomic E-state index is 12.5. The fourth-order valence-electron chi connectivity index (χ4n) is 2.70. The van der Waals surface area contributed by atoms with Gasteiger partial charge in [0.15, 0.2) is 0 Å². The van der Waals surface area contributed by atoms with Crippen molar-refractivity contribution in [3.8, 4) is 0 Å². The molecule has 1 heterocycles. The number of aliphatic carboxylic acids is 1. The standard InChI is InChI=1S/C19H35N3O6S3/c1-19(2,3)31-30-10-11(20)16(24)21-9-15-13(23)5-6-14(28-15)17(25)22-12(18(26)27)7-8-29-4/h11-15,23H,5-10,20H2,1-4H3,(H,21,24)(H,22,25)(H,26,27)/t11-,12-,13-,14+,15+/m0/s1. The summed E-state index contributed by atoms with van der Waals surface area (Å²) in [6.07, 6.45) is 0.260. The van der Waals surface area contributed by atoms with Crippen molar-refractivity contribution in [3.05, 3.63) is 0 Å². The highest BCUT2D eigenvalue weighted by Crippen LogP contribution is 2.35. The van der Waals surface area contributed by atoms with E-state index in [0.717, 1.165) is 0 Å². The van der Waals surface area contributed by atoms with Gasteiger partial charge in [0.25, 0.3) is 0 Å². The van der Waals surface area contributed by atoms with Crippen LogP contribution in [0.4, 0.5) is 0 Å². The monoisotopic (exact) mass is 497 g/mol. The Bertz CT molecular complexity index is 605. The number of rotatable bonds is 12. The fraction of sp³-hybridized carbons (Fsp3) is 0.842. The van der Waals surface area contributed by atoms with Gasteiger partial charge in [0.2, 0.25) is 11.8 Å². The van der Waals surface area contributed by atoms with Gasteiger partial charge in [0.1, 0.15) is 18.2 Å². The van der Waals surface area contributed by atoms with Gasteiger partial charge in [-0.15, -0.1) is 0 Å². The molecular weight excluding hydrogens is 462 g/mol. The topological polar surface area (TPSA) is 151 Å². The van der Waals surface area contributed by atoms with Crippen LogP contribution in [0.25, 0.3) is 0 Å². The van der Waals surface area contributed by atoms with Gasteiger partial charge in [-0.3, -0.25) is 9.59 Å². The molecule has 9 nitrogen and oxygen atoms in total. The van der Waals surface area contributed by atoms with Crippen molar-refractivity contribution in [1.29, 1.82) is 0 Å². The molecule has 0 aromatic rings. The van der Waals surface area contributed by atoms with Crippen molar-refractivity contribution in [2.75, 3.05) is 24.3 Å². The van der Waals surface area contributed by atoms with Crippen LogP contribution in [-0.4, -0.2) is 87.4 Å². The van der Waals surface area contributed by atoms with E-state index in [0.29, 0.717) is 24.3 Å². The first-order chi connectivity index (χ1) is 14.4. The summed E-state index contributed by atoms with van der Waals surface area (Å²) in [4.78, 5) is 36.1. The molecule has 1 aliphatic heterocycles. The van der Waals surface area contributed by atoms with Gasteiger partial charge < -0.3 is 31.3 Å². The van der Waals surface area contributed by atoms with E-state index in [9.17, 15) is 24.6 Å². The Hall–Kier alpha value is -0.660. The van der Waals surface area contributed by atoms with E-state index in [1.54, 1.807) is 10.8 Å². The second-order valence-corrected chi connectivity index (χ2v) is 12.5. The molecule has 0 aromatic carbocycles. The Morgan fingerprint density at radius 1 is 1.26 bits per heavy atom. The number of carbonyl (C=O) groups excluding carboxylic acids is 2. The second kappa shape index (κ2) is 13.8. The zero-order valence-corrected chi connectivity index (χ0v) is 20.9. The summed E-state index contributed by atoms with van der Waals surface area (Å²) in [6.45, 7) is 6.24. The summed E-state index contributed by atoms with van der Waals surface area (Å²) in [7, 11) is 3.17. The number of amides is 2. The predicted molar refractivity (Wildman–Crippen MR) is 127 cm³/mol. The van der Waals surface area contributed by atoms with Crippen molar-refractivity contribution < 1.29 is 29.3 Å². The predicted octanol–water partition coefficient (Wildman–Crippen LogP) is 0.841. The minimum atomic E-state index is -1.10. The summed E-state index contributed by atoms with van der Waals surface area (Å²) >= 11 is 1.50. The highest BCUT2D eigenvalue weighted by Gasteiger charge is 2.35. The van der Waals surface area contributed by atoms with Crippen LogP contribution in [0.1, 0.15) is 40.0 Å². The molecule has 180 valence electrons. The highest BCUT2D eigenvalue weighted by atomic mass is 33.1. The van der Waals surface area contributed by atoms with Crippen LogP contribution in [0, 0.1) is 0 Å². The molecule has 5 atom stereocenters. The van der Waals surface area contributed by atoms with Gasteiger partial charge >= 0.3 is 5.97 Å².